The summed E-state index contributed by atoms with van der Waals surface area (Å²) in [5.41, 5.74) is 1.48. The summed E-state index contributed by atoms with van der Waals surface area (Å²) in [6.07, 6.45) is 0. The minimum absolute atomic E-state index is 0.0137. The molecule has 98 valence electrons. The smallest absolute Gasteiger partial charge is 0.257 e. The van der Waals surface area contributed by atoms with Crippen molar-refractivity contribution in [1.29, 1.82) is 0 Å². The van der Waals surface area contributed by atoms with Gasteiger partial charge in [0.05, 0.1) is 22.0 Å². The van der Waals surface area contributed by atoms with Gasteiger partial charge < -0.3 is 10.4 Å². The van der Waals surface area contributed by atoms with Crippen LogP contribution in [0, 0.1) is 6.92 Å². The van der Waals surface area contributed by atoms with Crippen LogP contribution in [0.2, 0.25) is 5.02 Å². The number of phenolic OH excluding ortho intramolecular Hbond substituents is 1. The quantitative estimate of drug-likeness (QED) is 0.818. The Balaban J connectivity index is 2.28. The number of anilines is 1. The fourth-order valence-corrected chi connectivity index (χ4v) is 2.14. The van der Waals surface area contributed by atoms with Crippen LogP contribution in [-0.4, -0.2) is 16.0 Å². The van der Waals surface area contributed by atoms with Gasteiger partial charge in [-0.3, -0.25) is 4.79 Å². The van der Waals surface area contributed by atoms with Gasteiger partial charge in [-0.25, -0.2) is 4.98 Å². The van der Waals surface area contributed by atoms with Gasteiger partial charge in [0.1, 0.15) is 10.4 Å². The van der Waals surface area contributed by atoms with Gasteiger partial charge in [-0.2, -0.15) is 0 Å². The normalized spacial score (nSPS) is 10.3. The number of aryl methyl sites for hydroxylation is 1. The first kappa shape index (κ1) is 13.8. The minimum atomic E-state index is -0.395. The van der Waals surface area contributed by atoms with E-state index in [1.54, 1.807) is 19.1 Å². The number of aromatic hydroxyl groups is 1. The summed E-state index contributed by atoms with van der Waals surface area (Å²) in [7, 11) is 0. The molecule has 4 nitrogen and oxygen atoms in total. The molecular weight excluding hydrogens is 332 g/mol. The van der Waals surface area contributed by atoms with Crippen LogP contribution in [0.25, 0.3) is 0 Å². The summed E-state index contributed by atoms with van der Waals surface area (Å²) >= 11 is 9.18. The number of rotatable bonds is 2. The first-order valence-corrected chi connectivity index (χ1v) is 6.57. The number of phenols is 1. The molecule has 0 radical (unpaired) electrons. The van der Waals surface area contributed by atoms with Crippen molar-refractivity contribution in [3.63, 3.8) is 0 Å². The fourth-order valence-electron chi connectivity index (χ4n) is 1.54. The van der Waals surface area contributed by atoms with Crippen LogP contribution in [0.5, 0.6) is 5.75 Å². The molecule has 2 aromatic rings. The van der Waals surface area contributed by atoms with Crippen molar-refractivity contribution in [2.45, 2.75) is 6.92 Å². The lowest BCUT2D eigenvalue weighted by Gasteiger charge is -2.09. The number of hydrogen-bond acceptors (Lipinski definition) is 3. The van der Waals surface area contributed by atoms with Crippen LogP contribution in [-0.2, 0) is 0 Å². The molecule has 6 heteroatoms. The van der Waals surface area contributed by atoms with Gasteiger partial charge in [-0.1, -0.05) is 11.6 Å². The number of carbonyl (C=O) groups is 1. The zero-order valence-electron chi connectivity index (χ0n) is 9.95. The first-order chi connectivity index (χ1) is 8.97. The van der Waals surface area contributed by atoms with Crippen molar-refractivity contribution in [1.82, 2.24) is 4.98 Å². The van der Waals surface area contributed by atoms with Crippen LogP contribution in [0.15, 0.2) is 34.9 Å². The average Bonchev–Trinajstić information content (AvgIpc) is 2.35. The Morgan fingerprint density at radius 2 is 2.11 bits per heavy atom. The number of pyridine rings is 1. The van der Waals surface area contributed by atoms with Gasteiger partial charge in [-0.05, 0) is 53.2 Å². The molecule has 0 saturated carbocycles. The summed E-state index contributed by atoms with van der Waals surface area (Å²) in [5, 5.41) is 12.4. The van der Waals surface area contributed by atoms with E-state index in [0.29, 0.717) is 16.0 Å². The van der Waals surface area contributed by atoms with Gasteiger partial charge in [0.2, 0.25) is 0 Å². The van der Waals surface area contributed by atoms with Crippen LogP contribution in [0.4, 0.5) is 5.69 Å². The second-order valence-corrected chi connectivity index (χ2v) is 5.10. The molecule has 19 heavy (non-hydrogen) atoms. The Labute approximate surface area is 123 Å². The molecule has 0 unspecified atom stereocenters. The summed E-state index contributed by atoms with van der Waals surface area (Å²) in [4.78, 5) is 16.3. The van der Waals surface area contributed by atoms with Gasteiger partial charge in [0.25, 0.3) is 5.91 Å². The molecule has 2 N–H and O–H groups in total. The first-order valence-electron chi connectivity index (χ1n) is 5.40. The van der Waals surface area contributed by atoms with E-state index in [9.17, 15) is 9.90 Å². The zero-order chi connectivity index (χ0) is 14.0. The maximum atomic E-state index is 12.1. The number of amides is 1. The Hall–Kier alpha value is -1.59. The van der Waals surface area contributed by atoms with E-state index in [2.05, 4.69) is 26.2 Å². The van der Waals surface area contributed by atoms with Crippen LogP contribution in [0.3, 0.4) is 0 Å². The molecule has 1 aromatic heterocycles. The third-order valence-corrected chi connectivity index (χ3v) is 3.27. The number of hydrogen-bond donors (Lipinski definition) is 2. The number of aromatic nitrogens is 1. The molecule has 0 aliphatic carbocycles. The largest absolute Gasteiger partial charge is 0.508 e. The molecule has 0 spiro atoms. The number of benzene rings is 1. The van der Waals surface area contributed by atoms with Crippen LogP contribution in [0.1, 0.15) is 16.1 Å². The number of carbonyl (C=O) groups excluding carboxylic acids is 1. The Bertz CT molecular complexity index is 647. The predicted octanol–water partition coefficient (Wildman–Crippen LogP) is 3.76. The van der Waals surface area contributed by atoms with Crippen molar-refractivity contribution < 1.29 is 9.90 Å². The second kappa shape index (κ2) is 5.59. The molecule has 0 saturated heterocycles. The molecule has 1 heterocycles. The summed E-state index contributed by atoms with van der Waals surface area (Å²) in [5.74, 6) is -0.409. The van der Waals surface area contributed by atoms with E-state index in [1.807, 2.05) is 0 Å². The average molecular weight is 342 g/mol. The fraction of sp³-hybridized carbons (Fsp3) is 0.0769. The minimum Gasteiger partial charge on any atom is -0.508 e. The van der Waals surface area contributed by atoms with Crippen molar-refractivity contribution in [2.24, 2.45) is 0 Å². The summed E-state index contributed by atoms with van der Waals surface area (Å²) in [6, 6.07) is 7.68. The predicted molar refractivity (Wildman–Crippen MR) is 77.7 cm³/mol. The maximum absolute atomic E-state index is 12.1. The molecule has 0 bridgehead atoms. The second-order valence-electron chi connectivity index (χ2n) is 3.89. The van der Waals surface area contributed by atoms with E-state index in [4.69, 9.17) is 11.6 Å². The zero-order valence-corrected chi connectivity index (χ0v) is 12.3. The standard InChI is InChI=1S/C13H10BrClN2O2/c1-7-11(4-5-12(14)16-7)17-13(19)9-6-8(18)2-3-10(9)15/h2-6,18H,1H3,(H,17,19). The summed E-state index contributed by atoms with van der Waals surface area (Å²) in [6.45, 7) is 1.78. The van der Waals surface area contributed by atoms with Crippen molar-refractivity contribution in [3.05, 3.63) is 51.2 Å². The molecule has 0 atom stereocenters. The molecule has 1 aromatic carbocycles. The third kappa shape index (κ3) is 3.24. The Morgan fingerprint density at radius 1 is 1.37 bits per heavy atom. The molecule has 0 fully saturated rings. The van der Waals surface area contributed by atoms with Gasteiger partial charge >= 0.3 is 0 Å². The van der Waals surface area contributed by atoms with E-state index >= 15 is 0 Å². The maximum Gasteiger partial charge on any atom is 0.257 e. The molecule has 0 aliphatic heterocycles. The molecule has 0 aliphatic rings. The molecule has 2 rings (SSSR count). The van der Waals surface area contributed by atoms with Crippen molar-refractivity contribution in [3.8, 4) is 5.75 Å². The Kier molecular flexibility index (Phi) is 4.07. The van der Waals surface area contributed by atoms with Crippen molar-refractivity contribution >= 4 is 39.1 Å². The van der Waals surface area contributed by atoms with Crippen LogP contribution >= 0.6 is 27.5 Å². The number of nitrogens with zero attached hydrogens (tertiary/aromatic N) is 1. The summed E-state index contributed by atoms with van der Waals surface area (Å²) < 4.78 is 0.693. The topological polar surface area (TPSA) is 62.2 Å². The number of halogens is 2. The lowest BCUT2D eigenvalue weighted by Crippen LogP contribution is -2.13. The van der Waals surface area contributed by atoms with Crippen LogP contribution < -0.4 is 5.32 Å². The van der Waals surface area contributed by atoms with E-state index in [-0.39, 0.29) is 16.3 Å². The van der Waals surface area contributed by atoms with E-state index in [1.165, 1.54) is 18.2 Å². The van der Waals surface area contributed by atoms with Gasteiger partial charge in [-0.15, -0.1) is 0 Å². The van der Waals surface area contributed by atoms with Gasteiger partial charge in [0, 0.05) is 0 Å². The van der Waals surface area contributed by atoms with E-state index < -0.39 is 5.91 Å². The Morgan fingerprint density at radius 3 is 2.79 bits per heavy atom. The lowest BCUT2D eigenvalue weighted by atomic mass is 10.2. The SMILES string of the molecule is Cc1nc(Br)ccc1NC(=O)c1cc(O)ccc1Cl. The number of nitrogens with one attached hydrogen (secondary N) is 1. The van der Waals surface area contributed by atoms with Crippen molar-refractivity contribution in [2.75, 3.05) is 5.32 Å². The van der Waals surface area contributed by atoms with E-state index in [0.717, 1.165) is 0 Å². The highest BCUT2D eigenvalue weighted by Gasteiger charge is 2.13. The molecular formula is C13H10BrClN2O2. The molecule has 1 amide bonds. The lowest BCUT2D eigenvalue weighted by molar-refractivity contribution is 0.102. The van der Waals surface area contributed by atoms with Gasteiger partial charge in [0.15, 0.2) is 0 Å². The third-order valence-electron chi connectivity index (χ3n) is 2.49. The highest BCUT2D eigenvalue weighted by atomic mass is 79.9. The monoisotopic (exact) mass is 340 g/mol. The highest BCUT2D eigenvalue weighted by Crippen LogP contribution is 2.23. The highest BCUT2D eigenvalue weighted by molar-refractivity contribution is 9.10.